The number of aryl methyl sites for hydroxylation is 1. The first kappa shape index (κ1) is 15.0. The normalized spacial score (nSPS) is 13.1. The zero-order chi connectivity index (χ0) is 13.7. The van der Waals surface area contributed by atoms with Gasteiger partial charge in [-0.1, -0.05) is 27.7 Å². The Bertz CT molecular complexity index is 375. The summed E-state index contributed by atoms with van der Waals surface area (Å²) in [5.74, 6) is 1.22. The van der Waals surface area contributed by atoms with Gasteiger partial charge in [0.1, 0.15) is 0 Å². The molecular formula is C15H26N2O. The quantitative estimate of drug-likeness (QED) is 0.841. The van der Waals surface area contributed by atoms with Crippen molar-refractivity contribution in [1.29, 1.82) is 0 Å². The first-order chi connectivity index (χ1) is 8.38. The number of pyridine rings is 1. The number of nitrogens with one attached hydrogen (secondary N) is 1. The van der Waals surface area contributed by atoms with Gasteiger partial charge in [-0.25, -0.2) is 4.98 Å². The maximum atomic E-state index is 5.87. The molecule has 1 atom stereocenters. The predicted molar refractivity (Wildman–Crippen MR) is 75.9 cm³/mol. The van der Waals surface area contributed by atoms with E-state index < -0.39 is 0 Å². The van der Waals surface area contributed by atoms with E-state index in [1.54, 1.807) is 0 Å². The second-order valence-corrected chi connectivity index (χ2v) is 5.56. The average molecular weight is 250 g/mol. The number of ether oxygens (including phenoxy) is 1. The molecule has 1 N–H and O–H groups in total. The van der Waals surface area contributed by atoms with Crippen LogP contribution in [-0.2, 0) is 6.54 Å². The van der Waals surface area contributed by atoms with Gasteiger partial charge in [0.15, 0.2) is 0 Å². The van der Waals surface area contributed by atoms with Crippen LogP contribution in [-0.4, -0.2) is 17.1 Å². The van der Waals surface area contributed by atoms with E-state index in [9.17, 15) is 0 Å². The molecule has 0 saturated carbocycles. The minimum absolute atomic E-state index is 0.185. The Morgan fingerprint density at radius 3 is 2.39 bits per heavy atom. The predicted octanol–water partition coefficient (Wildman–Crippen LogP) is 3.31. The Hall–Kier alpha value is -1.09. The third-order valence-electron chi connectivity index (χ3n) is 2.95. The lowest BCUT2D eigenvalue weighted by Gasteiger charge is -2.18. The van der Waals surface area contributed by atoms with Gasteiger partial charge in [-0.3, -0.25) is 0 Å². The van der Waals surface area contributed by atoms with Gasteiger partial charge in [0, 0.05) is 24.3 Å². The van der Waals surface area contributed by atoms with Crippen LogP contribution in [0.1, 0.15) is 45.9 Å². The van der Waals surface area contributed by atoms with Gasteiger partial charge in [-0.2, -0.15) is 0 Å². The Kier molecular flexibility index (Phi) is 5.60. The van der Waals surface area contributed by atoms with Crippen LogP contribution in [0.25, 0.3) is 0 Å². The summed E-state index contributed by atoms with van der Waals surface area (Å²) in [5.41, 5.74) is 2.23. The fraction of sp³-hybridized carbons (Fsp3) is 0.667. The first-order valence-corrected chi connectivity index (χ1v) is 6.76. The van der Waals surface area contributed by atoms with Crippen molar-refractivity contribution in [2.75, 3.05) is 0 Å². The topological polar surface area (TPSA) is 34.1 Å². The van der Waals surface area contributed by atoms with Crippen molar-refractivity contribution in [2.45, 2.75) is 60.2 Å². The zero-order valence-corrected chi connectivity index (χ0v) is 12.4. The SMILES string of the molecule is Cc1cc(CNC(C)C)cc(OC(C)C(C)C)n1. The van der Waals surface area contributed by atoms with Crippen molar-refractivity contribution in [3.63, 3.8) is 0 Å². The van der Waals surface area contributed by atoms with Gasteiger partial charge in [-0.15, -0.1) is 0 Å². The molecule has 1 rings (SSSR count). The molecule has 102 valence electrons. The zero-order valence-electron chi connectivity index (χ0n) is 12.4. The molecule has 0 amide bonds. The Morgan fingerprint density at radius 1 is 1.17 bits per heavy atom. The van der Waals surface area contributed by atoms with Crippen molar-refractivity contribution < 1.29 is 4.74 Å². The summed E-state index contributed by atoms with van der Waals surface area (Å²) >= 11 is 0. The fourth-order valence-corrected chi connectivity index (χ4v) is 1.52. The Labute approximate surface area is 111 Å². The molecule has 0 aromatic carbocycles. The summed E-state index contributed by atoms with van der Waals surface area (Å²) in [6, 6.07) is 4.61. The van der Waals surface area contributed by atoms with E-state index in [0.29, 0.717) is 12.0 Å². The minimum Gasteiger partial charge on any atom is -0.474 e. The highest BCUT2D eigenvalue weighted by molar-refractivity contribution is 5.24. The molecule has 0 aliphatic carbocycles. The Morgan fingerprint density at radius 2 is 1.83 bits per heavy atom. The van der Waals surface area contributed by atoms with Gasteiger partial charge < -0.3 is 10.1 Å². The molecule has 18 heavy (non-hydrogen) atoms. The third-order valence-corrected chi connectivity index (χ3v) is 2.95. The summed E-state index contributed by atoms with van der Waals surface area (Å²) in [6.45, 7) is 13.5. The Balaban J connectivity index is 2.74. The molecule has 0 spiro atoms. The van der Waals surface area contributed by atoms with Crippen molar-refractivity contribution in [2.24, 2.45) is 5.92 Å². The van der Waals surface area contributed by atoms with E-state index in [-0.39, 0.29) is 6.10 Å². The molecule has 0 aliphatic rings. The molecule has 1 aromatic rings. The van der Waals surface area contributed by atoms with Crippen LogP contribution in [0.5, 0.6) is 5.88 Å². The minimum atomic E-state index is 0.185. The summed E-state index contributed by atoms with van der Waals surface area (Å²) < 4.78 is 5.87. The monoisotopic (exact) mass is 250 g/mol. The van der Waals surface area contributed by atoms with Gasteiger partial charge in [0.2, 0.25) is 5.88 Å². The molecule has 1 unspecified atom stereocenters. The van der Waals surface area contributed by atoms with Crippen LogP contribution < -0.4 is 10.1 Å². The third kappa shape index (κ3) is 5.05. The number of hydrogen-bond acceptors (Lipinski definition) is 3. The molecule has 0 bridgehead atoms. The molecule has 0 aliphatic heterocycles. The largest absolute Gasteiger partial charge is 0.474 e. The van der Waals surface area contributed by atoms with Crippen LogP contribution in [0, 0.1) is 12.8 Å². The van der Waals surface area contributed by atoms with Gasteiger partial charge in [0.05, 0.1) is 6.10 Å². The van der Waals surface area contributed by atoms with E-state index in [1.807, 2.05) is 13.0 Å². The van der Waals surface area contributed by atoms with Gasteiger partial charge in [-0.05, 0) is 31.4 Å². The highest BCUT2D eigenvalue weighted by Gasteiger charge is 2.10. The van der Waals surface area contributed by atoms with Crippen molar-refractivity contribution in [3.8, 4) is 5.88 Å². The number of rotatable bonds is 6. The van der Waals surface area contributed by atoms with E-state index in [1.165, 1.54) is 5.56 Å². The molecule has 0 fully saturated rings. The van der Waals surface area contributed by atoms with Crippen LogP contribution in [0.2, 0.25) is 0 Å². The lowest BCUT2D eigenvalue weighted by atomic mass is 10.1. The highest BCUT2D eigenvalue weighted by atomic mass is 16.5. The van der Waals surface area contributed by atoms with Gasteiger partial charge in [0.25, 0.3) is 0 Å². The molecule has 1 aromatic heterocycles. The maximum Gasteiger partial charge on any atom is 0.214 e. The second-order valence-electron chi connectivity index (χ2n) is 5.56. The van der Waals surface area contributed by atoms with Crippen LogP contribution >= 0.6 is 0 Å². The van der Waals surface area contributed by atoms with E-state index in [4.69, 9.17) is 4.74 Å². The van der Waals surface area contributed by atoms with Crippen LogP contribution in [0.3, 0.4) is 0 Å². The molecule has 3 nitrogen and oxygen atoms in total. The van der Waals surface area contributed by atoms with Crippen molar-refractivity contribution in [1.82, 2.24) is 10.3 Å². The van der Waals surface area contributed by atoms with Crippen LogP contribution in [0.4, 0.5) is 0 Å². The van der Waals surface area contributed by atoms with Crippen LogP contribution in [0.15, 0.2) is 12.1 Å². The lowest BCUT2D eigenvalue weighted by Crippen LogP contribution is -2.22. The van der Waals surface area contributed by atoms with E-state index in [0.717, 1.165) is 18.1 Å². The van der Waals surface area contributed by atoms with Gasteiger partial charge >= 0.3 is 0 Å². The number of hydrogen-bond donors (Lipinski definition) is 1. The molecule has 1 heterocycles. The van der Waals surface area contributed by atoms with E-state index in [2.05, 4.69) is 51.0 Å². The summed E-state index contributed by atoms with van der Waals surface area (Å²) in [4.78, 5) is 4.43. The second kappa shape index (κ2) is 6.74. The fourth-order valence-electron chi connectivity index (χ4n) is 1.52. The lowest BCUT2D eigenvalue weighted by molar-refractivity contribution is 0.163. The van der Waals surface area contributed by atoms with E-state index >= 15 is 0 Å². The molecule has 0 radical (unpaired) electrons. The van der Waals surface area contributed by atoms with Crippen molar-refractivity contribution >= 4 is 0 Å². The van der Waals surface area contributed by atoms with Crippen molar-refractivity contribution in [3.05, 3.63) is 23.4 Å². The molecule has 0 saturated heterocycles. The summed E-state index contributed by atoms with van der Waals surface area (Å²) in [5, 5.41) is 3.41. The number of nitrogens with zero attached hydrogens (tertiary/aromatic N) is 1. The summed E-state index contributed by atoms with van der Waals surface area (Å²) in [6.07, 6.45) is 0.185. The summed E-state index contributed by atoms with van der Waals surface area (Å²) in [7, 11) is 0. The highest BCUT2D eigenvalue weighted by Crippen LogP contribution is 2.16. The average Bonchev–Trinajstić information content (AvgIpc) is 2.25. The smallest absolute Gasteiger partial charge is 0.214 e. The first-order valence-electron chi connectivity index (χ1n) is 6.76. The molecular weight excluding hydrogens is 224 g/mol. The number of aromatic nitrogens is 1. The molecule has 3 heteroatoms. The maximum absolute atomic E-state index is 5.87. The standard InChI is InChI=1S/C15H26N2O/c1-10(2)13(6)18-15-8-14(7-12(5)17-15)9-16-11(3)4/h7-8,10-11,13,16H,9H2,1-6H3.